The van der Waals surface area contributed by atoms with Gasteiger partial charge in [-0.2, -0.15) is 0 Å². The van der Waals surface area contributed by atoms with Crippen LogP contribution < -0.4 is 5.73 Å². The molecule has 1 heterocycles. The van der Waals surface area contributed by atoms with E-state index in [1.54, 1.807) is 4.90 Å². The van der Waals surface area contributed by atoms with Gasteiger partial charge in [-0.1, -0.05) is 0 Å². The van der Waals surface area contributed by atoms with Crippen molar-refractivity contribution in [1.82, 2.24) is 4.90 Å². The van der Waals surface area contributed by atoms with Crippen LogP contribution in [0.25, 0.3) is 0 Å². The van der Waals surface area contributed by atoms with E-state index in [1.165, 1.54) is 0 Å². The summed E-state index contributed by atoms with van der Waals surface area (Å²) >= 11 is 0. The average molecular weight is 186 g/mol. The molecule has 0 radical (unpaired) electrons. The van der Waals surface area contributed by atoms with Crippen LogP contribution in [0.4, 0.5) is 0 Å². The summed E-state index contributed by atoms with van der Waals surface area (Å²) in [5.74, 6) is 0.0231. The molecule has 0 aromatic rings. The number of ether oxygens (including phenoxy) is 1. The lowest BCUT2D eigenvalue weighted by Gasteiger charge is -2.28. The van der Waals surface area contributed by atoms with Crippen LogP contribution in [0.3, 0.4) is 0 Å². The molecular formula is C9H18N2O2. The largest absolute Gasteiger partial charge is 0.379 e. The van der Waals surface area contributed by atoms with E-state index in [0.717, 1.165) is 0 Å². The Morgan fingerprint density at radius 2 is 2.15 bits per heavy atom. The van der Waals surface area contributed by atoms with Crippen LogP contribution in [0.5, 0.6) is 0 Å². The van der Waals surface area contributed by atoms with Gasteiger partial charge in [0.25, 0.3) is 0 Å². The van der Waals surface area contributed by atoms with E-state index in [2.05, 4.69) is 0 Å². The number of carbonyl (C=O) groups excluding carboxylic acids is 1. The van der Waals surface area contributed by atoms with Crippen LogP contribution >= 0.6 is 0 Å². The van der Waals surface area contributed by atoms with Crippen molar-refractivity contribution in [2.75, 3.05) is 26.3 Å². The lowest BCUT2D eigenvalue weighted by atomic mass is 9.98. The molecule has 0 bridgehead atoms. The van der Waals surface area contributed by atoms with E-state index < -0.39 is 5.54 Å². The summed E-state index contributed by atoms with van der Waals surface area (Å²) in [6.45, 7) is 6.32. The average Bonchev–Trinajstić information content (AvgIpc) is 2.55. The number of nitrogens with two attached hydrogens (primary N) is 1. The van der Waals surface area contributed by atoms with Crippen LogP contribution in [-0.4, -0.2) is 42.6 Å². The van der Waals surface area contributed by atoms with Crippen molar-refractivity contribution in [3.8, 4) is 0 Å². The van der Waals surface area contributed by atoms with Gasteiger partial charge in [-0.25, -0.2) is 0 Å². The van der Waals surface area contributed by atoms with E-state index in [1.807, 2.05) is 13.8 Å². The van der Waals surface area contributed by atoms with Gasteiger partial charge >= 0.3 is 0 Å². The Bertz CT molecular complexity index is 184. The molecule has 4 nitrogen and oxygen atoms in total. The number of carbonyl (C=O) groups is 1. The maximum Gasteiger partial charge on any atom is 0.245 e. The van der Waals surface area contributed by atoms with Crippen molar-refractivity contribution in [2.45, 2.75) is 25.8 Å². The van der Waals surface area contributed by atoms with Crippen molar-refractivity contribution in [1.29, 1.82) is 0 Å². The molecule has 1 aliphatic heterocycles. The Morgan fingerprint density at radius 1 is 1.54 bits per heavy atom. The highest BCUT2D eigenvalue weighted by Crippen LogP contribution is 2.18. The SMILES string of the molecule is CCN(CC)C(=O)C1(N)CCOC1. The molecule has 0 aliphatic carbocycles. The standard InChI is InChI=1S/C9H18N2O2/c1-3-11(4-2)8(12)9(10)5-6-13-7-9/h3-7,10H2,1-2H3. The molecule has 1 saturated heterocycles. The highest BCUT2D eigenvalue weighted by atomic mass is 16.5. The predicted octanol–water partition coefficient (Wildman–Crippen LogP) is -0.0274. The number of likely N-dealkylation sites (N-methyl/N-ethyl adjacent to an activating group) is 1. The molecule has 1 aliphatic rings. The van der Waals surface area contributed by atoms with E-state index in [4.69, 9.17) is 10.5 Å². The summed E-state index contributed by atoms with van der Waals surface area (Å²) in [6.07, 6.45) is 0.641. The zero-order chi connectivity index (χ0) is 9.90. The molecule has 1 amide bonds. The first-order chi connectivity index (χ1) is 6.14. The fraction of sp³-hybridized carbons (Fsp3) is 0.889. The van der Waals surface area contributed by atoms with E-state index >= 15 is 0 Å². The Labute approximate surface area is 79.0 Å². The zero-order valence-electron chi connectivity index (χ0n) is 8.38. The molecule has 1 atom stereocenters. The molecule has 2 N–H and O–H groups in total. The van der Waals surface area contributed by atoms with Gasteiger partial charge in [0.2, 0.25) is 5.91 Å². The Morgan fingerprint density at radius 3 is 2.54 bits per heavy atom. The Balaban J connectivity index is 2.64. The van der Waals surface area contributed by atoms with Crippen molar-refractivity contribution >= 4 is 5.91 Å². The number of amides is 1. The van der Waals surface area contributed by atoms with Gasteiger partial charge in [0, 0.05) is 19.7 Å². The first-order valence-corrected chi connectivity index (χ1v) is 4.80. The zero-order valence-corrected chi connectivity index (χ0v) is 8.38. The Kier molecular flexibility index (Phi) is 3.27. The third-order valence-corrected chi connectivity index (χ3v) is 2.53. The quantitative estimate of drug-likeness (QED) is 0.673. The van der Waals surface area contributed by atoms with Gasteiger partial charge in [0.1, 0.15) is 5.54 Å². The second-order valence-electron chi connectivity index (χ2n) is 3.44. The first kappa shape index (κ1) is 10.5. The lowest BCUT2D eigenvalue weighted by molar-refractivity contribution is -0.136. The Hall–Kier alpha value is -0.610. The normalized spacial score (nSPS) is 27.6. The number of hydrogen-bond donors (Lipinski definition) is 1. The third kappa shape index (κ3) is 2.00. The fourth-order valence-electron chi connectivity index (χ4n) is 1.58. The van der Waals surface area contributed by atoms with Crippen LogP contribution in [0.1, 0.15) is 20.3 Å². The molecule has 13 heavy (non-hydrogen) atoms. The van der Waals surface area contributed by atoms with Gasteiger partial charge in [-0.15, -0.1) is 0 Å². The van der Waals surface area contributed by atoms with Gasteiger partial charge in [0.05, 0.1) is 6.61 Å². The molecule has 1 unspecified atom stereocenters. The van der Waals surface area contributed by atoms with Crippen molar-refractivity contribution < 1.29 is 9.53 Å². The topological polar surface area (TPSA) is 55.6 Å². The van der Waals surface area contributed by atoms with Crippen LogP contribution in [-0.2, 0) is 9.53 Å². The van der Waals surface area contributed by atoms with E-state index in [9.17, 15) is 4.79 Å². The molecule has 0 spiro atoms. The maximum absolute atomic E-state index is 11.9. The van der Waals surface area contributed by atoms with Crippen LogP contribution in [0, 0.1) is 0 Å². The second-order valence-corrected chi connectivity index (χ2v) is 3.44. The number of rotatable bonds is 3. The van der Waals surface area contributed by atoms with Gasteiger partial charge in [-0.3, -0.25) is 4.79 Å². The minimum absolute atomic E-state index is 0.0231. The summed E-state index contributed by atoms with van der Waals surface area (Å²) in [7, 11) is 0. The van der Waals surface area contributed by atoms with Gasteiger partial charge in [-0.05, 0) is 20.3 Å². The molecule has 0 saturated carbocycles. The maximum atomic E-state index is 11.9. The summed E-state index contributed by atoms with van der Waals surface area (Å²) in [6, 6.07) is 0. The first-order valence-electron chi connectivity index (χ1n) is 4.80. The number of hydrogen-bond acceptors (Lipinski definition) is 3. The van der Waals surface area contributed by atoms with E-state index in [0.29, 0.717) is 32.7 Å². The smallest absolute Gasteiger partial charge is 0.245 e. The second kappa shape index (κ2) is 4.07. The number of nitrogens with zero attached hydrogens (tertiary/aromatic N) is 1. The predicted molar refractivity (Wildman–Crippen MR) is 50.3 cm³/mol. The minimum atomic E-state index is -0.758. The molecule has 0 aromatic heterocycles. The van der Waals surface area contributed by atoms with Crippen LogP contribution in [0.2, 0.25) is 0 Å². The molecule has 1 rings (SSSR count). The van der Waals surface area contributed by atoms with Crippen LogP contribution in [0.15, 0.2) is 0 Å². The highest BCUT2D eigenvalue weighted by Gasteiger charge is 2.40. The highest BCUT2D eigenvalue weighted by molar-refractivity contribution is 5.86. The lowest BCUT2D eigenvalue weighted by Crippen LogP contribution is -2.55. The molecule has 0 aromatic carbocycles. The van der Waals surface area contributed by atoms with Gasteiger partial charge in [0.15, 0.2) is 0 Å². The molecular weight excluding hydrogens is 168 g/mol. The van der Waals surface area contributed by atoms with E-state index in [-0.39, 0.29) is 5.91 Å². The van der Waals surface area contributed by atoms with Gasteiger partial charge < -0.3 is 15.4 Å². The fourth-order valence-corrected chi connectivity index (χ4v) is 1.58. The minimum Gasteiger partial charge on any atom is -0.379 e. The summed E-state index contributed by atoms with van der Waals surface area (Å²) in [4.78, 5) is 13.6. The summed E-state index contributed by atoms with van der Waals surface area (Å²) < 4.78 is 5.15. The monoisotopic (exact) mass is 186 g/mol. The molecule has 76 valence electrons. The summed E-state index contributed by atoms with van der Waals surface area (Å²) in [5.41, 5.74) is 5.18. The third-order valence-electron chi connectivity index (χ3n) is 2.53. The van der Waals surface area contributed by atoms with Crippen molar-refractivity contribution in [3.63, 3.8) is 0 Å². The molecule has 4 heteroatoms. The molecule has 1 fully saturated rings. The van der Waals surface area contributed by atoms with Crippen molar-refractivity contribution in [3.05, 3.63) is 0 Å². The van der Waals surface area contributed by atoms with Crippen molar-refractivity contribution in [2.24, 2.45) is 5.73 Å². The summed E-state index contributed by atoms with van der Waals surface area (Å²) in [5, 5.41) is 0.